The molecule has 0 aliphatic carbocycles. The lowest BCUT2D eigenvalue weighted by molar-refractivity contribution is 0.525. The Morgan fingerprint density at radius 1 is 1.13 bits per heavy atom. The fourth-order valence-corrected chi connectivity index (χ4v) is 2.34. The summed E-state index contributed by atoms with van der Waals surface area (Å²) >= 11 is 2.08. The van der Waals surface area contributed by atoms with Gasteiger partial charge in [-0.05, 0) is 31.9 Å². The first-order valence-electron chi connectivity index (χ1n) is 4.77. The van der Waals surface area contributed by atoms with E-state index in [1.54, 1.807) is 6.26 Å². The van der Waals surface area contributed by atoms with E-state index in [4.69, 9.17) is 4.42 Å². The normalized spacial score (nSPS) is 10.7. The Bertz CT molecular complexity index is 479. The minimum atomic E-state index is 0.682. The van der Waals surface area contributed by atoms with E-state index in [1.807, 2.05) is 0 Å². The summed E-state index contributed by atoms with van der Waals surface area (Å²) in [5.41, 5.74) is 5.89. The highest BCUT2D eigenvalue weighted by Gasteiger charge is 2.10. The first kappa shape index (κ1) is 10.7. The molecule has 0 aliphatic rings. The number of benzene rings is 1. The van der Waals surface area contributed by atoms with Gasteiger partial charge in [0.15, 0.2) is 0 Å². The third kappa shape index (κ3) is 2.07. The molecular weight excluding hydrogens is 301 g/mol. The van der Waals surface area contributed by atoms with E-state index in [2.05, 4.69) is 60.5 Å². The maximum Gasteiger partial charge on any atom is 0.257 e. The molecule has 1 heterocycles. The van der Waals surface area contributed by atoms with Crippen LogP contribution in [0.15, 0.2) is 22.8 Å². The van der Waals surface area contributed by atoms with Gasteiger partial charge in [0.05, 0.1) is 0 Å². The molecule has 0 unspecified atom stereocenters. The number of rotatable bonds is 1. The zero-order valence-corrected chi connectivity index (χ0v) is 11.1. The minimum absolute atomic E-state index is 0.682. The Balaban J connectivity index is 2.62. The zero-order chi connectivity index (χ0) is 11.0. The fourth-order valence-electron chi connectivity index (χ4n) is 1.95. The largest absolute Gasteiger partial charge is 0.440 e. The van der Waals surface area contributed by atoms with Crippen LogP contribution in [-0.4, -0.2) is 4.98 Å². The minimum Gasteiger partial charge on any atom is -0.440 e. The van der Waals surface area contributed by atoms with Gasteiger partial charge in [0.25, 0.3) is 3.90 Å². The molecule has 1 aromatic heterocycles. The topological polar surface area (TPSA) is 26.0 Å². The molecule has 0 atom stereocenters. The summed E-state index contributed by atoms with van der Waals surface area (Å²) in [5, 5.41) is 0. The second-order valence-corrected chi connectivity index (χ2v) is 4.68. The molecule has 78 valence electrons. The third-order valence-corrected chi connectivity index (χ3v) is 2.90. The summed E-state index contributed by atoms with van der Waals surface area (Å²) in [4.78, 5) is 4.35. The second-order valence-electron chi connectivity index (χ2n) is 3.76. The monoisotopic (exact) mass is 313 g/mol. The Morgan fingerprint density at radius 2 is 1.73 bits per heavy atom. The first-order chi connectivity index (χ1) is 7.08. The van der Waals surface area contributed by atoms with Crippen LogP contribution in [0.25, 0.3) is 11.3 Å². The molecule has 2 aromatic rings. The summed E-state index contributed by atoms with van der Waals surface area (Å²) in [6, 6.07) is 4.34. The van der Waals surface area contributed by atoms with Crippen molar-refractivity contribution in [3.63, 3.8) is 0 Å². The smallest absolute Gasteiger partial charge is 0.257 e. The maximum atomic E-state index is 5.23. The highest BCUT2D eigenvalue weighted by molar-refractivity contribution is 14.1. The fraction of sp³-hybridized carbons (Fsp3) is 0.250. The van der Waals surface area contributed by atoms with Gasteiger partial charge >= 0.3 is 0 Å². The lowest BCUT2D eigenvalue weighted by Gasteiger charge is -2.07. The van der Waals surface area contributed by atoms with E-state index < -0.39 is 0 Å². The van der Waals surface area contributed by atoms with Crippen molar-refractivity contribution < 1.29 is 4.42 Å². The summed E-state index contributed by atoms with van der Waals surface area (Å²) in [6.07, 6.45) is 1.71. The van der Waals surface area contributed by atoms with Gasteiger partial charge in [0.1, 0.15) is 12.0 Å². The van der Waals surface area contributed by atoms with Gasteiger partial charge in [-0.15, -0.1) is 0 Å². The third-order valence-electron chi connectivity index (χ3n) is 2.41. The van der Waals surface area contributed by atoms with E-state index >= 15 is 0 Å². The number of nitrogens with zero attached hydrogens (tertiary/aromatic N) is 1. The lowest BCUT2D eigenvalue weighted by Crippen LogP contribution is -1.90. The van der Waals surface area contributed by atoms with Gasteiger partial charge in [-0.1, -0.05) is 17.7 Å². The Hall–Kier alpha value is -0.840. The standard InChI is InChI=1S/C12H12INO/c1-7-4-8(2)11(9(3)5-7)10-6-15-12(13)14-10/h4-6H,1-3H3. The molecule has 2 nitrogen and oxygen atoms in total. The summed E-state index contributed by atoms with van der Waals surface area (Å²) in [5.74, 6) is 0. The molecule has 0 N–H and O–H groups in total. The molecule has 2 rings (SSSR count). The van der Waals surface area contributed by atoms with E-state index in [-0.39, 0.29) is 0 Å². The van der Waals surface area contributed by atoms with Crippen LogP contribution >= 0.6 is 22.6 Å². The number of hydrogen-bond donors (Lipinski definition) is 0. The molecule has 0 fully saturated rings. The molecule has 3 heteroatoms. The second kappa shape index (κ2) is 3.96. The van der Waals surface area contributed by atoms with Crippen molar-refractivity contribution in [2.45, 2.75) is 20.8 Å². The van der Waals surface area contributed by atoms with Crippen LogP contribution in [0.4, 0.5) is 0 Å². The number of oxazole rings is 1. The molecule has 0 aliphatic heterocycles. The van der Waals surface area contributed by atoms with Crippen LogP contribution < -0.4 is 0 Å². The first-order valence-corrected chi connectivity index (χ1v) is 5.85. The van der Waals surface area contributed by atoms with Crippen molar-refractivity contribution in [3.8, 4) is 11.3 Å². The summed E-state index contributed by atoms with van der Waals surface area (Å²) in [6.45, 7) is 6.32. The number of aryl methyl sites for hydroxylation is 3. The number of aromatic nitrogens is 1. The quantitative estimate of drug-likeness (QED) is 0.747. The molecule has 0 radical (unpaired) electrons. The van der Waals surface area contributed by atoms with Crippen molar-refractivity contribution in [2.75, 3.05) is 0 Å². The van der Waals surface area contributed by atoms with Crippen LogP contribution in [0.5, 0.6) is 0 Å². The van der Waals surface area contributed by atoms with Crippen LogP contribution in [0, 0.1) is 24.7 Å². The molecule has 15 heavy (non-hydrogen) atoms. The van der Waals surface area contributed by atoms with Gasteiger partial charge in [-0.3, -0.25) is 0 Å². The van der Waals surface area contributed by atoms with Crippen molar-refractivity contribution in [1.82, 2.24) is 4.98 Å². The highest BCUT2D eigenvalue weighted by Crippen LogP contribution is 2.27. The predicted molar refractivity (Wildman–Crippen MR) is 68.9 cm³/mol. The van der Waals surface area contributed by atoms with Crippen LogP contribution in [0.1, 0.15) is 16.7 Å². The Kier molecular flexibility index (Phi) is 2.82. The van der Waals surface area contributed by atoms with Gasteiger partial charge in [-0.25, -0.2) is 4.98 Å². The van der Waals surface area contributed by atoms with E-state index in [1.165, 1.54) is 22.3 Å². The lowest BCUT2D eigenvalue weighted by atomic mass is 9.98. The van der Waals surface area contributed by atoms with Gasteiger partial charge in [0, 0.05) is 28.2 Å². The average Bonchev–Trinajstić information content (AvgIpc) is 2.49. The van der Waals surface area contributed by atoms with Crippen molar-refractivity contribution in [2.24, 2.45) is 0 Å². The summed E-state index contributed by atoms with van der Waals surface area (Å²) in [7, 11) is 0. The van der Waals surface area contributed by atoms with Crippen LogP contribution in [0.3, 0.4) is 0 Å². The number of hydrogen-bond acceptors (Lipinski definition) is 2. The van der Waals surface area contributed by atoms with Gasteiger partial charge in [-0.2, -0.15) is 0 Å². The molecule has 0 bridgehead atoms. The van der Waals surface area contributed by atoms with Crippen molar-refractivity contribution in [3.05, 3.63) is 39.0 Å². The van der Waals surface area contributed by atoms with Crippen LogP contribution in [0.2, 0.25) is 0 Å². The molecule has 0 saturated heterocycles. The molecular formula is C12H12INO. The zero-order valence-electron chi connectivity index (χ0n) is 8.97. The molecule has 1 aromatic carbocycles. The Labute approximate surface area is 103 Å². The van der Waals surface area contributed by atoms with Crippen molar-refractivity contribution >= 4 is 22.6 Å². The van der Waals surface area contributed by atoms with Gasteiger partial charge in [0.2, 0.25) is 0 Å². The SMILES string of the molecule is Cc1cc(C)c(-c2coc(I)n2)c(C)c1. The summed E-state index contributed by atoms with van der Waals surface area (Å²) < 4.78 is 5.92. The maximum absolute atomic E-state index is 5.23. The molecule has 0 saturated carbocycles. The highest BCUT2D eigenvalue weighted by atomic mass is 127. The molecule has 0 spiro atoms. The van der Waals surface area contributed by atoms with Crippen LogP contribution in [-0.2, 0) is 0 Å². The van der Waals surface area contributed by atoms with E-state index in [9.17, 15) is 0 Å². The van der Waals surface area contributed by atoms with Gasteiger partial charge < -0.3 is 4.42 Å². The predicted octanol–water partition coefficient (Wildman–Crippen LogP) is 3.87. The van der Waals surface area contributed by atoms with E-state index in [0.29, 0.717) is 3.90 Å². The average molecular weight is 313 g/mol. The van der Waals surface area contributed by atoms with Crippen molar-refractivity contribution in [1.29, 1.82) is 0 Å². The number of halogens is 1. The van der Waals surface area contributed by atoms with E-state index in [0.717, 1.165) is 5.69 Å². The Morgan fingerprint density at radius 3 is 2.20 bits per heavy atom. The molecule has 0 amide bonds.